The van der Waals surface area contributed by atoms with Crippen molar-refractivity contribution in [2.24, 2.45) is 5.92 Å². The largest absolute Gasteiger partial charge is 0.354 e. The molecule has 0 saturated carbocycles. The van der Waals surface area contributed by atoms with Gasteiger partial charge < -0.3 is 10.2 Å². The van der Waals surface area contributed by atoms with Crippen LogP contribution in [0.25, 0.3) is 0 Å². The van der Waals surface area contributed by atoms with E-state index < -0.39 is 28.5 Å². The maximum absolute atomic E-state index is 14.0. The number of carbonyl (C=O) groups is 2. The fourth-order valence-corrected chi connectivity index (χ4v) is 5.04. The highest BCUT2D eigenvalue weighted by atomic mass is 32.2. The lowest BCUT2D eigenvalue weighted by atomic mass is 10.0. The first-order chi connectivity index (χ1) is 18.0. The van der Waals surface area contributed by atoms with Gasteiger partial charge in [-0.05, 0) is 36.1 Å². The van der Waals surface area contributed by atoms with Crippen LogP contribution in [0.1, 0.15) is 30.5 Å². The smallest absolute Gasteiger partial charge is 0.244 e. The van der Waals surface area contributed by atoms with Crippen molar-refractivity contribution in [1.82, 2.24) is 10.2 Å². The van der Waals surface area contributed by atoms with Crippen LogP contribution in [0.2, 0.25) is 0 Å². The Morgan fingerprint density at radius 2 is 1.47 bits per heavy atom. The molecule has 38 heavy (non-hydrogen) atoms. The van der Waals surface area contributed by atoms with E-state index >= 15 is 0 Å². The van der Waals surface area contributed by atoms with Crippen LogP contribution in [0.15, 0.2) is 84.9 Å². The number of benzene rings is 3. The van der Waals surface area contributed by atoms with Crippen molar-refractivity contribution >= 4 is 27.5 Å². The van der Waals surface area contributed by atoms with Crippen LogP contribution in [0.4, 0.5) is 5.69 Å². The fourth-order valence-electron chi connectivity index (χ4n) is 4.19. The molecular formula is C30H37N3O4S. The number of amides is 2. The van der Waals surface area contributed by atoms with Crippen molar-refractivity contribution in [2.45, 2.75) is 39.8 Å². The number of anilines is 1. The summed E-state index contributed by atoms with van der Waals surface area (Å²) in [6.45, 7) is 6.19. The first-order valence-corrected chi connectivity index (χ1v) is 14.6. The molecule has 0 saturated heterocycles. The monoisotopic (exact) mass is 535 g/mol. The normalized spacial score (nSPS) is 12.1. The van der Waals surface area contributed by atoms with Crippen LogP contribution >= 0.6 is 0 Å². The highest BCUT2D eigenvalue weighted by Crippen LogP contribution is 2.20. The molecule has 0 aliphatic carbocycles. The maximum atomic E-state index is 14.0. The molecule has 0 radical (unpaired) electrons. The zero-order chi connectivity index (χ0) is 27.7. The SMILES string of the molecule is Cc1cccc(CN(C(=O)CN(c2ccccc2)S(C)(=O)=O)[C@@H](Cc2ccccc2)C(=O)NCC(C)C)c1. The van der Waals surface area contributed by atoms with E-state index in [1.54, 1.807) is 30.3 Å². The van der Waals surface area contributed by atoms with Crippen molar-refractivity contribution in [1.29, 1.82) is 0 Å². The number of aryl methyl sites for hydroxylation is 1. The lowest BCUT2D eigenvalue weighted by molar-refractivity contribution is -0.140. The molecule has 0 fully saturated rings. The molecule has 0 aromatic heterocycles. The summed E-state index contributed by atoms with van der Waals surface area (Å²) in [6, 6.07) is 25.0. The minimum absolute atomic E-state index is 0.166. The Morgan fingerprint density at radius 3 is 2.05 bits per heavy atom. The molecule has 2 amide bonds. The third-order valence-electron chi connectivity index (χ3n) is 6.11. The Kier molecular flexibility index (Phi) is 10.1. The quantitative estimate of drug-likeness (QED) is 0.377. The number of carbonyl (C=O) groups excluding carboxylic acids is 2. The van der Waals surface area contributed by atoms with E-state index in [2.05, 4.69) is 5.32 Å². The number of para-hydroxylation sites is 1. The van der Waals surface area contributed by atoms with Crippen LogP contribution in [-0.4, -0.2) is 50.5 Å². The molecule has 3 rings (SSSR count). The van der Waals surface area contributed by atoms with E-state index in [4.69, 9.17) is 0 Å². The summed E-state index contributed by atoms with van der Waals surface area (Å²) >= 11 is 0. The third kappa shape index (κ3) is 8.45. The lowest BCUT2D eigenvalue weighted by Crippen LogP contribution is -2.53. The van der Waals surface area contributed by atoms with Crippen LogP contribution in [0.5, 0.6) is 0 Å². The van der Waals surface area contributed by atoms with Gasteiger partial charge in [0, 0.05) is 19.5 Å². The van der Waals surface area contributed by atoms with E-state index in [1.165, 1.54) is 4.90 Å². The van der Waals surface area contributed by atoms with E-state index in [0.717, 1.165) is 27.3 Å². The van der Waals surface area contributed by atoms with Gasteiger partial charge in [-0.2, -0.15) is 0 Å². The van der Waals surface area contributed by atoms with E-state index in [1.807, 2.05) is 75.4 Å². The zero-order valence-electron chi connectivity index (χ0n) is 22.5. The van der Waals surface area contributed by atoms with Gasteiger partial charge in [-0.15, -0.1) is 0 Å². The molecular weight excluding hydrogens is 498 g/mol. The van der Waals surface area contributed by atoms with Crippen molar-refractivity contribution in [3.05, 3.63) is 102 Å². The summed E-state index contributed by atoms with van der Waals surface area (Å²) in [5.41, 5.74) is 3.18. The van der Waals surface area contributed by atoms with Crippen LogP contribution in [-0.2, 0) is 32.6 Å². The Labute approximate surface area is 226 Å². The molecule has 7 nitrogen and oxygen atoms in total. The van der Waals surface area contributed by atoms with E-state index in [0.29, 0.717) is 18.7 Å². The van der Waals surface area contributed by atoms with Gasteiger partial charge in [-0.1, -0.05) is 92.2 Å². The topological polar surface area (TPSA) is 86.8 Å². The number of sulfonamides is 1. The highest BCUT2D eigenvalue weighted by molar-refractivity contribution is 7.92. The average molecular weight is 536 g/mol. The molecule has 1 N–H and O–H groups in total. The van der Waals surface area contributed by atoms with Crippen LogP contribution in [0.3, 0.4) is 0 Å². The maximum Gasteiger partial charge on any atom is 0.244 e. The average Bonchev–Trinajstić information content (AvgIpc) is 2.88. The van der Waals surface area contributed by atoms with Gasteiger partial charge in [0.2, 0.25) is 21.8 Å². The second kappa shape index (κ2) is 13.2. The van der Waals surface area contributed by atoms with Crippen LogP contribution < -0.4 is 9.62 Å². The van der Waals surface area contributed by atoms with Crippen molar-refractivity contribution in [3.8, 4) is 0 Å². The van der Waals surface area contributed by atoms with E-state index in [-0.39, 0.29) is 18.4 Å². The number of hydrogen-bond donors (Lipinski definition) is 1. The molecule has 8 heteroatoms. The Hall–Kier alpha value is -3.65. The standard InChI is InChI=1S/C30H37N3O4S/c1-23(2)20-31-30(35)28(19-25-13-7-5-8-14-25)32(21-26-15-11-12-24(3)18-26)29(34)22-33(38(4,36)37)27-16-9-6-10-17-27/h5-18,23,28H,19-22H2,1-4H3,(H,31,35)/t28-/m0/s1. The second-order valence-corrected chi connectivity index (χ2v) is 11.9. The Bertz CT molecular complexity index is 1310. The summed E-state index contributed by atoms with van der Waals surface area (Å²) < 4.78 is 26.6. The van der Waals surface area contributed by atoms with Gasteiger partial charge in [-0.3, -0.25) is 13.9 Å². The summed E-state index contributed by atoms with van der Waals surface area (Å²) in [6.07, 6.45) is 1.38. The second-order valence-electron chi connectivity index (χ2n) is 9.96. The molecule has 0 aliphatic heterocycles. The fraction of sp³-hybridized carbons (Fsp3) is 0.333. The Balaban J connectivity index is 2.03. The molecule has 0 bridgehead atoms. The number of nitrogens with zero attached hydrogens (tertiary/aromatic N) is 2. The summed E-state index contributed by atoms with van der Waals surface area (Å²) in [7, 11) is -3.77. The van der Waals surface area contributed by atoms with Crippen molar-refractivity contribution in [3.63, 3.8) is 0 Å². The molecule has 0 spiro atoms. The van der Waals surface area contributed by atoms with Gasteiger partial charge in [0.25, 0.3) is 0 Å². The molecule has 0 unspecified atom stereocenters. The predicted molar refractivity (Wildman–Crippen MR) is 152 cm³/mol. The first kappa shape index (κ1) is 28.9. The molecule has 202 valence electrons. The van der Waals surface area contributed by atoms with Gasteiger partial charge in [0.05, 0.1) is 11.9 Å². The summed E-state index contributed by atoms with van der Waals surface area (Å²) in [5.74, 6) is -0.494. The van der Waals surface area contributed by atoms with Gasteiger partial charge in [0.15, 0.2) is 0 Å². The Morgan fingerprint density at radius 1 is 0.868 bits per heavy atom. The number of hydrogen-bond acceptors (Lipinski definition) is 4. The first-order valence-electron chi connectivity index (χ1n) is 12.7. The molecule has 3 aromatic rings. The predicted octanol–water partition coefficient (Wildman–Crippen LogP) is 4.17. The van der Waals surface area contributed by atoms with Gasteiger partial charge in [-0.25, -0.2) is 8.42 Å². The summed E-state index contributed by atoms with van der Waals surface area (Å²) in [4.78, 5) is 29.1. The molecule has 3 aromatic carbocycles. The number of rotatable bonds is 12. The highest BCUT2D eigenvalue weighted by Gasteiger charge is 2.33. The summed E-state index contributed by atoms with van der Waals surface area (Å²) in [5, 5.41) is 2.99. The minimum Gasteiger partial charge on any atom is -0.354 e. The zero-order valence-corrected chi connectivity index (χ0v) is 23.3. The molecule has 0 heterocycles. The minimum atomic E-state index is -3.77. The van der Waals surface area contributed by atoms with Crippen molar-refractivity contribution in [2.75, 3.05) is 23.7 Å². The number of nitrogens with one attached hydrogen (secondary N) is 1. The van der Waals surface area contributed by atoms with Crippen LogP contribution in [0, 0.1) is 12.8 Å². The third-order valence-corrected chi connectivity index (χ3v) is 7.25. The van der Waals surface area contributed by atoms with Gasteiger partial charge in [0.1, 0.15) is 12.6 Å². The van der Waals surface area contributed by atoms with Crippen molar-refractivity contribution < 1.29 is 18.0 Å². The molecule has 1 atom stereocenters. The van der Waals surface area contributed by atoms with E-state index in [9.17, 15) is 18.0 Å². The molecule has 0 aliphatic rings. The van der Waals surface area contributed by atoms with Gasteiger partial charge >= 0.3 is 0 Å². The lowest BCUT2D eigenvalue weighted by Gasteiger charge is -2.33.